The van der Waals surface area contributed by atoms with Gasteiger partial charge in [0.05, 0.1) is 17.9 Å². The van der Waals surface area contributed by atoms with Crippen molar-refractivity contribution >= 4 is 27.5 Å². The second-order valence-electron chi connectivity index (χ2n) is 6.76. The molecule has 0 unspecified atom stereocenters. The summed E-state index contributed by atoms with van der Waals surface area (Å²) in [5, 5.41) is 0. The van der Waals surface area contributed by atoms with Crippen LogP contribution in [0.4, 0.5) is 5.69 Å². The fourth-order valence-corrected chi connectivity index (χ4v) is 4.35. The standard InChI is InChI=1S/C24H23NO6S/c1-3-30-20-15-13-18(14-16-20)22(26)17-31-24(27)21-11-7-8-12-23(21)32(28,29)25(2)19-9-5-4-6-10-19/h4-16H,3,17H2,1-2H3. The molecule has 3 rings (SSSR count). The Balaban J connectivity index is 1.76. The zero-order valence-corrected chi connectivity index (χ0v) is 18.5. The van der Waals surface area contributed by atoms with E-state index in [0.29, 0.717) is 23.6 Å². The summed E-state index contributed by atoms with van der Waals surface area (Å²) in [5.74, 6) is -0.684. The van der Waals surface area contributed by atoms with Crippen LogP contribution in [0.2, 0.25) is 0 Å². The highest BCUT2D eigenvalue weighted by Gasteiger charge is 2.27. The fraction of sp³-hybridized carbons (Fsp3) is 0.167. The van der Waals surface area contributed by atoms with E-state index in [-0.39, 0.29) is 10.5 Å². The number of hydrogen-bond acceptors (Lipinski definition) is 6. The Hall–Kier alpha value is -3.65. The molecular weight excluding hydrogens is 430 g/mol. The number of ether oxygens (including phenoxy) is 2. The van der Waals surface area contributed by atoms with E-state index in [1.54, 1.807) is 54.6 Å². The van der Waals surface area contributed by atoms with E-state index in [1.807, 2.05) is 6.92 Å². The number of ketones is 1. The summed E-state index contributed by atoms with van der Waals surface area (Å²) >= 11 is 0. The summed E-state index contributed by atoms with van der Waals surface area (Å²) in [5.41, 5.74) is 0.655. The van der Waals surface area contributed by atoms with Gasteiger partial charge in [-0.2, -0.15) is 0 Å². The minimum absolute atomic E-state index is 0.144. The van der Waals surface area contributed by atoms with Gasteiger partial charge in [-0.1, -0.05) is 30.3 Å². The molecule has 7 nitrogen and oxygen atoms in total. The van der Waals surface area contributed by atoms with E-state index in [4.69, 9.17) is 9.47 Å². The van der Waals surface area contributed by atoms with Gasteiger partial charge in [-0.25, -0.2) is 13.2 Å². The van der Waals surface area contributed by atoms with Gasteiger partial charge >= 0.3 is 5.97 Å². The Morgan fingerprint density at radius 2 is 1.50 bits per heavy atom. The Labute approximate surface area is 187 Å². The molecule has 0 bridgehead atoms. The number of rotatable bonds is 9. The van der Waals surface area contributed by atoms with Crippen molar-refractivity contribution in [1.82, 2.24) is 0 Å². The van der Waals surface area contributed by atoms with Crippen LogP contribution in [0.25, 0.3) is 0 Å². The van der Waals surface area contributed by atoms with Gasteiger partial charge in [-0.15, -0.1) is 0 Å². The molecule has 0 aliphatic rings. The van der Waals surface area contributed by atoms with Gasteiger partial charge in [-0.3, -0.25) is 9.10 Å². The summed E-state index contributed by atoms with van der Waals surface area (Å²) in [6, 6.07) is 20.7. The molecule has 0 amide bonds. The normalized spacial score (nSPS) is 10.9. The Bertz CT molecular complexity index is 1190. The highest BCUT2D eigenvalue weighted by molar-refractivity contribution is 7.92. The van der Waals surface area contributed by atoms with Crippen molar-refractivity contribution < 1.29 is 27.5 Å². The van der Waals surface area contributed by atoms with Gasteiger partial charge in [0.1, 0.15) is 10.6 Å². The number of anilines is 1. The van der Waals surface area contributed by atoms with Crippen molar-refractivity contribution in [3.63, 3.8) is 0 Å². The third-order valence-electron chi connectivity index (χ3n) is 4.69. The van der Waals surface area contributed by atoms with Crippen LogP contribution >= 0.6 is 0 Å². The predicted octanol–water partition coefficient (Wildman–Crippen LogP) is 3.95. The number of esters is 1. The Morgan fingerprint density at radius 1 is 0.875 bits per heavy atom. The summed E-state index contributed by atoms with van der Waals surface area (Å²) in [7, 11) is -2.63. The molecule has 0 atom stereocenters. The van der Waals surface area contributed by atoms with E-state index in [9.17, 15) is 18.0 Å². The summed E-state index contributed by atoms with van der Waals surface area (Å²) in [4.78, 5) is 24.8. The molecule has 0 N–H and O–H groups in total. The number of benzene rings is 3. The SMILES string of the molecule is CCOc1ccc(C(=O)COC(=O)c2ccccc2S(=O)(=O)N(C)c2ccccc2)cc1. The smallest absolute Gasteiger partial charge is 0.339 e. The average Bonchev–Trinajstić information content (AvgIpc) is 2.83. The molecule has 0 aliphatic heterocycles. The second-order valence-corrected chi connectivity index (χ2v) is 8.70. The molecule has 166 valence electrons. The van der Waals surface area contributed by atoms with E-state index < -0.39 is 28.4 Å². The van der Waals surface area contributed by atoms with Gasteiger partial charge in [-0.05, 0) is 55.5 Å². The molecule has 0 aliphatic carbocycles. The maximum atomic E-state index is 13.1. The highest BCUT2D eigenvalue weighted by Crippen LogP contribution is 2.25. The quantitative estimate of drug-likeness (QED) is 0.360. The first kappa shape index (κ1) is 23.0. The number of carbonyl (C=O) groups is 2. The number of para-hydroxylation sites is 1. The van der Waals surface area contributed by atoms with Crippen molar-refractivity contribution in [3.05, 3.63) is 90.0 Å². The molecular formula is C24H23NO6S. The van der Waals surface area contributed by atoms with Crippen LogP contribution in [0, 0.1) is 0 Å². The van der Waals surface area contributed by atoms with E-state index in [0.717, 1.165) is 4.31 Å². The molecule has 0 spiro atoms. The number of sulfonamides is 1. The van der Waals surface area contributed by atoms with Gasteiger partial charge in [0.15, 0.2) is 12.4 Å². The maximum absolute atomic E-state index is 13.1. The lowest BCUT2D eigenvalue weighted by molar-refractivity contribution is 0.0471. The number of hydrogen-bond donors (Lipinski definition) is 0. The van der Waals surface area contributed by atoms with Crippen molar-refractivity contribution in [1.29, 1.82) is 0 Å². The Kier molecular flexibility index (Phi) is 7.27. The maximum Gasteiger partial charge on any atom is 0.339 e. The second kappa shape index (κ2) is 10.1. The van der Waals surface area contributed by atoms with Crippen molar-refractivity contribution in [2.24, 2.45) is 0 Å². The molecule has 3 aromatic carbocycles. The summed E-state index contributed by atoms with van der Waals surface area (Å²) in [6.45, 7) is 1.84. The topological polar surface area (TPSA) is 90.0 Å². The van der Waals surface area contributed by atoms with Gasteiger partial charge in [0.25, 0.3) is 10.0 Å². The zero-order valence-electron chi connectivity index (χ0n) is 17.7. The number of carbonyl (C=O) groups excluding carboxylic acids is 2. The molecule has 0 radical (unpaired) electrons. The fourth-order valence-electron chi connectivity index (χ4n) is 2.98. The lowest BCUT2D eigenvalue weighted by Gasteiger charge is -2.20. The van der Waals surface area contributed by atoms with Crippen LogP contribution in [-0.4, -0.2) is 40.4 Å². The van der Waals surface area contributed by atoms with E-state index >= 15 is 0 Å². The van der Waals surface area contributed by atoms with Crippen LogP contribution in [-0.2, 0) is 14.8 Å². The average molecular weight is 454 g/mol. The molecule has 3 aromatic rings. The Morgan fingerprint density at radius 3 is 2.16 bits per heavy atom. The third kappa shape index (κ3) is 5.15. The third-order valence-corrected chi connectivity index (χ3v) is 6.53. The van der Waals surface area contributed by atoms with Crippen molar-refractivity contribution in [2.75, 3.05) is 24.6 Å². The highest BCUT2D eigenvalue weighted by atomic mass is 32.2. The van der Waals surface area contributed by atoms with Gasteiger partial charge < -0.3 is 9.47 Å². The first-order valence-electron chi connectivity index (χ1n) is 9.90. The molecule has 0 saturated carbocycles. The largest absolute Gasteiger partial charge is 0.494 e. The van der Waals surface area contributed by atoms with Crippen LogP contribution in [0.1, 0.15) is 27.6 Å². The lowest BCUT2D eigenvalue weighted by atomic mass is 10.1. The molecule has 0 aromatic heterocycles. The molecule has 32 heavy (non-hydrogen) atoms. The van der Waals surface area contributed by atoms with Gasteiger partial charge in [0, 0.05) is 12.6 Å². The number of nitrogens with zero attached hydrogens (tertiary/aromatic N) is 1. The first-order chi connectivity index (χ1) is 15.3. The minimum atomic E-state index is -4.04. The molecule has 8 heteroatoms. The van der Waals surface area contributed by atoms with Crippen LogP contribution in [0.15, 0.2) is 83.8 Å². The van der Waals surface area contributed by atoms with Crippen LogP contribution < -0.4 is 9.04 Å². The van der Waals surface area contributed by atoms with E-state index in [2.05, 4.69) is 0 Å². The van der Waals surface area contributed by atoms with Crippen LogP contribution in [0.5, 0.6) is 5.75 Å². The summed E-state index contributed by atoms with van der Waals surface area (Å²) in [6.07, 6.45) is 0. The monoisotopic (exact) mass is 453 g/mol. The van der Waals surface area contributed by atoms with Crippen molar-refractivity contribution in [3.8, 4) is 5.75 Å². The van der Waals surface area contributed by atoms with Crippen LogP contribution in [0.3, 0.4) is 0 Å². The molecule has 0 heterocycles. The minimum Gasteiger partial charge on any atom is -0.494 e. The summed E-state index contributed by atoms with van der Waals surface area (Å²) < 4.78 is 37.8. The lowest BCUT2D eigenvalue weighted by Crippen LogP contribution is -2.28. The molecule has 0 saturated heterocycles. The van der Waals surface area contributed by atoms with Crippen molar-refractivity contribution in [2.45, 2.75) is 11.8 Å². The number of Topliss-reactive ketones (excluding diaryl/α,β-unsaturated/α-hetero) is 1. The predicted molar refractivity (Wildman–Crippen MR) is 121 cm³/mol. The first-order valence-corrected chi connectivity index (χ1v) is 11.3. The van der Waals surface area contributed by atoms with Gasteiger partial charge in [0.2, 0.25) is 0 Å². The molecule has 0 fully saturated rings. The van der Waals surface area contributed by atoms with E-state index in [1.165, 1.54) is 31.3 Å². The zero-order chi connectivity index (χ0) is 23.1.